The molecule has 0 bridgehead atoms. The van der Waals surface area contributed by atoms with E-state index in [4.69, 9.17) is 0 Å². The Balaban J connectivity index is 3.44. The zero-order valence-corrected chi connectivity index (χ0v) is 35.2. The van der Waals surface area contributed by atoms with Gasteiger partial charge in [0.25, 0.3) is 0 Å². The van der Waals surface area contributed by atoms with Crippen LogP contribution in [0.2, 0.25) is 0 Å². The summed E-state index contributed by atoms with van der Waals surface area (Å²) >= 11 is 0. The molecule has 0 aromatic carbocycles. The topological polar surface area (TPSA) is 69.6 Å². The van der Waals surface area contributed by atoms with E-state index >= 15 is 0 Å². The molecule has 4 heteroatoms. The summed E-state index contributed by atoms with van der Waals surface area (Å²) in [5, 5.41) is 23.2. The lowest BCUT2D eigenvalue weighted by Crippen LogP contribution is -2.45. The Morgan fingerprint density at radius 2 is 0.627 bits per heavy atom. The standard InChI is InChI=1S/C47H95NO3/c1-3-5-7-9-11-13-15-17-19-21-22-23-24-25-27-29-31-33-35-37-39-41-43-47(51)48-45(44-49)46(50)42-40-38-36-34-32-30-28-26-20-18-16-14-12-10-8-6-4-2/h45-46,49-50H,3-44H2,1-2H3,(H,48,51)/t45-,46+/m0/s1. The third kappa shape index (κ3) is 40.4. The second-order valence-corrected chi connectivity index (χ2v) is 16.5. The number of hydrogen-bond donors (Lipinski definition) is 3. The lowest BCUT2D eigenvalue weighted by Gasteiger charge is -2.22. The van der Waals surface area contributed by atoms with Gasteiger partial charge in [0.05, 0.1) is 18.8 Å². The first-order chi connectivity index (χ1) is 25.2. The summed E-state index contributed by atoms with van der Waals surface area (Å²) in [6.45, 7) is 4.39. The molecule has 0 aliphatic heterocycles. The molecule has 0 aliphatic carbocycles. The van der Waals surface area contributed by atoms with Crippen molar-refractivity contribution in [2.45, 2.75) is 289 Å². The molecule has 306 valence electrons. The van der Waals surface area contributed by atoms with Crippen LogP contribution in [0.4, 0.5) is 0 Å². The molecule has 0 radical (unpaired) electrons. The molecule has 0 saturated heterocycles. The minimum atomic E-state index is -0.653. The minimum absolute atomic E-state index is 0.0244. The van der Waals surface area contributed by atoms with Crippen molar-refractivity contribution in [1.29, 1.82) is 0 Å². The van der Waals surface area contributed by atoms with Crippen LogP contribution in [0.3, 0.4) is 0 Å². The van der Waals surface area contributed by atoms with Crippen LogP contribution in [-0.4, -0.2) is 34.9 Å². The molecule has 51 heavy (non-hydrogen) atoms. The predicted octanol–water partition coefficient (Wildman–Crippen LogP) is 14.9. The van der Waals surface area contributed by atoms with E-state index in [1.54, 1.807) is 0 Å². The highest BCUT2D eigenvalue weighted by Crippen LogP contribution is 2.17. The first-order valence-corrected chi connectivity index (χ1v) is 23.7. The van der Waals surface area contributed by atoms with E-state index in [2.05, 4.69) is 19.2 Å². The van der Waals surface area contributed by atoms with Gasteiger partial charge < -0.3 is 15.5 Å². The molecular formula is C47H95NO3. The monoisotopic (exact) mass is 722 g/mol. The Bertz CT molecular complexity index is 655. The number of rotatable bonds is 44. The van der Waals surface area contributed by atoms with Crippen LogP contribution in [-0.2, 0) is 4.79 Å². The highest BCUT2D eigenvalue weighted by molar-refractivity contribution is 5.76. The second-order valence-electron chi connectivity index (χ2n) is 16.5. The lowest BCUT2D eigenvalue weighted by atomic mass is 10.0. The number of carbonyl (C=O) groups excluding carboxylic acids is 1. The highest BCUT2D eigenvalue weighted by atomic mass is 16.3. The SMILES string of the molecule is CCCCCCCCCCCCCCCCCCCCCCCCC(=O)N[C@@H](CO)[C@H](O)CCCCCCCCCCCCCCCCCCC. The van der Waals surface area contributed by atoms with Crippen molar-refractivity contribution < 1.29 is 15.0 Å². The fourth-order valence-corrected chi connectivity index (χ4v) is 7.72. The molecule has 0 fully saturated rings. The molecule has 0 aliphatic rings. The van der Waals surface area contributed by atoms with Gasteiger partial charge in [0.2, 0.25) is 5.91 Å². The first kappa shape index (κ1) is 50.4. The van der Waals surface area contributed by atoms with Crippen molar-refractivity contribution in [1.82, 2.24) is 5.32 Å². The molecule has 2 atom stereocenters. The summed E-state index contributed by atoms with van der Waals surface area (Å²) in [6, 6.07) is -0.529. The maximum atomic E-state index is 12.4. The van der Waals surface area contributed by atoms with E-state index < -0.39 is 12.1 Å². The van der Waals surface area contributed by atoms with Crippen LogP contribution in [0, 0.1) is 0 Å². The molecule has 0 spiro atoms. The van der Waals surface area contributed by atoms with Crippen LogP contribution in [0.25, 0.3) is 0 Å². The van der Waals surface area contributed by atoms with E-state index in [-0.39, 0.29) is 12.5 Å². The van der Waals surface area contributed by atoms with Crippen molar-refractivity contribution in [2.24, 2.45) is 0 Å². The molecule has 0 rings (SSSR count). The van der Waals surface area contributed by atoms with Gasteiger partial charge in [0, 0.05) is 6.42 Å². The number of aliphatic hydroxyl groups is 2. The van der Waals surface area contributed by atoms with Gasteiger partial charge in [-0.15, -0.1) is 0 Å². The third-order valence-corrected chi connectivity index (χ3v) is 11.4. The molecule has 0 aromatic heterocycles. The third-order valence-electron chi connectivity index (χ3n) is 11.4. The Labute approximate surface area is 321 Å². The highest BCUT2D eigenvalue weighted by Gasteiger charge is 2.20. The van der Waals surface area contributed by atoms with Gasteiger partial charge in [-0.25, -0.2) is 0 Å². The van der Waals surface area contributed by atoms with Crippen LogP contribution in [0.15, 0.2) is 0 Å². The summed E-state index contributed by atoms with van der Waals surface area (Å²) in [5.41, 5.74) is 0. The van der Waals surface area contributed by atoms with Crippen molar-refractivity contribution in [3.05, 3.63) is 0 Å². The van der Waals surface area contributed by atoms with Gasteiger partial charge in [-0.3, -0.25) is 4.79 Å². The van der Waals surface area contributed by atoms with Crippen LogP contribution in [0.5, 0.6) is 0 Å². The predicted molar refractivity (Wildman–Crippen MR) is 226 cm³/mol. The Hall–Kier alpha value is -0.610. The molecular weight excluding hydrogens is 627 g/mol. The van der Waals surface area contributed by atoms with Crippen molar-refractivity contribution in [3.8, 4) is 0 Å². The van der Waals surface area contributed by atoms with Gasteiger partial charge in [0.15, 0.2) is 0 Å². The lowest BCUT2D eigenvalue weighted by molar-refractivity contribution is -0.123. The zero-order valence-electron chi connectivity index (χ0n) is 35.2. The van der Waals surface area contributed by atoms with Gasteiger partial charge >= 0.3 is 0 Å². The van der Waals surface area contributed by atoms with Gasteiger partial charge in [0.1, 0.15) is 0 Å². The molecule has 1 amide bonds. The average Bonchev–Trinajstić information content (AvgIpc) is 3.13. The zero-order chi connectivity index (χ0) is 37.1. The largest absolute Gasteiger partial charge is 0.394 e. The Morgan fingerprint density at radius 3 is 0.882 bits per heavy atom. The summed E-state index contributed by atoms with van der Waals surface area (Å²) in [5.74, 6) is -0.0244. The fourth-order valence-electron chi connectivity index (χ4n) is 7.72. The summed E-state index contributed by atoms with van der Waals surface area (Å²) < 4.78 is 0. The van der Waals surface area contributed by atoms with Crippen molar-refractivity contribution in [3.63, 3.8) is 0 Å². The van der Waals surface area contributed by atoms with Crippen LogP contribution < -0.4 is 5.32 Å². The van der Waals surface area contributed by atoms with Crippen LogP contribution in [0.1, 0.15) is 277 Å². The van der Waals surface area contributed by atoms with E-state index in [1.165, 1.54) is 225 Å². The minimum Gasteiger partial charge on any atom is -0.394 e. The van der Waals surface area contributed by atoms with Gasteiger partial charge in [-0.2, -0.15) is 0 Å². The van der Waals surface area contributed by atoms with Crippen molar-refractivity contribution >= 4 is 5.91 Å². The first-order valence-electron chi connectivity index (χ1n) is 23.7. The molecule has 0 heterocycles. The maximum Gasteiger partial charge on any atom is 0.220 e. The molecule has 0 unspecified atom stereocenters. The molecule has 3 N–H and O–H groups in total. The number of amides is 1. The van der Waals surface area contributed by atoms with E-state index in [0.717, 1.165) is 25.7 Å². The number of hydrogen-bond acceptors (Lipinski definition) is 3. The fraction of sp³-hybridized carbons (Fsp3) is 0.979. The Kier molecular flexibility index (Phi) is 43.3. The number of unbranched alkanes of at least 4 members (excludes halogenated alkanes) is 37. The quantitative estimate of drug-likeness (QED) is 0.0549. The van der Waals surface area contributed by atoms with Gasteiger partial charge in [-0.1, -0.05) is 258 Å². The number of nitrogens with one attached hydrogen (secondary N) is 1. The summed E-state index contributed by atoms with van der Waals surface area (Å²) in [4.78, 5) is 12.4. The average molecular weight is 722 g/mol. The molecule has 0 saturated carbocycles. The normalized spacial score (nSPS) is 12.8. The van der Waals surface area contributed by atoms with E-state index in [0.29, 0.717) is 12.8 Å². The van der Waals surface area contributed by atoms with Crippen molar-refractivity contribution in [2.75, 3.05) is 6.61 Å². The van der Waals surface area contributed by atoms with Gasteiger partial charge in [-0.05, 0) is 12.8 Å². The molecule has 0 aromatic rings. The summed E-state index contributed by atoms with van der Waals surface area (Å²) in [7, 11) is 0. The second kappa shape index (κ2) is 43.8. The Morgan fingerprint density at radius 1 is 0.392 bits per heavy atom. The smallest absolute Gasteiger partial charge is 0.220 e. The van der Waals surface area contributed by atoms with E-state index in [1.807, 2.05) is 0 Å². The maximum absolute atomic E-state index is 12.4. The summed E-state index contributed by atoms with van der Waals surface area (Å²) in [6.07, 6.45) is 53.3. The van der Waals surface area contributed by atoms with E-state index in [9.17, 15) is 15.0 Å². The number of carbonyl (C=O) groups is 1. The number of aliphatic hydroxyl groups excluding tert-OH is 2. The molecule has 4 nitrogen and oxygen atoms in total. The van der Waals surface area contributed by atoms with Crippen LogP contribution >= 0.6 is 0 Å².